The van der Waals surface area contributed by atoms with Gasteiger partial charge in [-0.3, -0.25) is 9.69 Å². The summed E-state index contributed by atoms with van der Waals surface area (Å²) in [5.41, 5.74) is 0.963. The fourth-order valence-electron chi connectivity index (χ4n) is 4.03. The number of furan rings is 1. The van der Waals surface area contributed by atoms with Gasteiger partial charge in [0, 0.05) is 31.6 Å². The molecule has 2 aliphatic heterocycles. The van der Waals surface area contributed by atoms with Crippen LogP contribution in [0.1, 0.15) is 49.8 Å². The van der Waals surface area contributed by atoms with Crippen LogP contribution in [0.3, 0.4) is 0 Å². The molecular weight excluding hydrogens is 372 g/mol. The minimum Gasteiger partial charge on any atom is -0.467 e. The van der Waals surface area contributed by atoms with Gasteiger partial charge in [0.15, 0.2) is 0 Å². The maximum Gasteiger partial charge on any atom is 0.257 e. The van der Waals surface area contributed by atoms with Crippen molar-refractivity contribution in [3.63, 3.8) is 0 Å². The Balaban J connectivity index is 1.42. The van der Waals surface area contributed by atoms with Gasteiger partial charge >= 0.3 is 0 Å². The van der Waals surface area contributed by atoms with Crippen molar-refractivity contribution in [2.75, 3.05) is 19.6 Å². The summed E-state index contributed by atoms with van der Waals surface area (Å²) < 4.78 is 5.62. The number of hydrogen-bond donors (Lipinski definition) is 1. The van der Waals surface area contributed by atoms with Crippen molar-refractivity contribution in [2.24, 2.45) is 5.10 Å². The fourth-order valence-corrected chi connectivity index (χ4v) is 4.75. The second kappa shape index (κ2) is 8.59. The zero-order chi connectivity index (χ0) is 19.5. The standard InChI is InChI=1S/C21H28N4O2S/c1-15(2)22-16-7-9-24(10-8-16)14-21(26)25-18(19-5-3-11-27-19)13-17(23-25)20-6-4-12-28-20/h3-6,11-12,15-16,18,22H,7-10,13-14H2,1-2H3. The molecule has 0 bridgehead atoms. The summed E-state index contributed by atoms with van der Waals surface area (Å²) in [5, 5.41) is 12.0. The Morgan fingerprint density at radius 2 is 2.14 bits per heavy atom. The summed E-state index contributed by atoms with van der Waals surface area (Å²) in [6, 6.07) is 8.78. The summed E-state index contributed by atoms with van der Waals surface area (Å²) >= 11 is 1.66. The first-order valence-corrected chi connectivity index (χ1v) is 10.9. The summed E-state index contributed by atoms with van der Waals surface area (Å²) in [6.45, 7) is 6.66. The van der Waals surface area contributed by atoms with E-state index in [1.165, 1.54) is 0 Å². The molecule has 0 spiro atoms. The van der Waals surface area contributed by atoms with Crippen molar-refractivity contribution in [3.05, 3.63) is 46.5 Å². The molecule has 1 atom stereocenters. The van der Waals surface area contributed by atoms with Crippen molar-refractivity contribution in [3.8, 4) is 0 Å². The number of hydrogen-bond acceptors (Lipinski definition) is 6. The normalized spacial score (nSPS) is 21.5. The lowest BCUT2D eigenvalue weighted by Gasteiger charge is -2.33. The molecule has 2 aromatic heterocycles. The van der Waals surface area contributed by atoms with Gasteiger partial charge in [-0.25, -0.2) is 5.01 Å². The second-order valence-electron chi connectivity index (χ2n) is 7.87. The Morgan fingerprint density at radius 3 is 2.79 bits per heavy atom. The van der Waals surface area contributed by atoms with Gasteiger partial charge in [-0.2, -0.15) is 5.10 Å². The third-order valence-electron chi connectivity index (χ3n) is 5.36. The minimum atomic E-state index is -0.153. The van der Waals surface area contributed by atoms with E-state index in [4.69, 9.17) is 9.52 Å². The maximum atomic E-state index is 13.1. The van der Waals surface area contributed by atoms with Crippen LogP contribution >= 0.6 is 11.3 Å². The van der Waals surface area contributed by atoms with E-state index in [0.29, 0.717) is 25.0 Å². The quantitative estimate of drug-likeness (QED) is 0.806. The molecule has 2 aromatic rings. The molecule has 0 radical (unpaired) electrons. The van der Waals surface area contributed by atoms with E-state index >= 15 is 0 Å². The first-order valence-electron chi connectivity index (χ1n) is 10.1. The number of piperidine rings is 1. The van der Waals surface area contributed by atoms with E-state index in [1.807, 2.05) is 23.6 Å². The van der Waals surface area contributed by atoms with Gasteiger partial charge in [0.1, 0.15) is 11.8 Å². The maximum absolute atomic E-state index is 13.1. The van der Waals surface area contributed by atoms with Gasteiger partial charge in [-0.05, 0) is 36.4 Å². The predicted molar refractivity (Wildman–Crippen MR) is 112 cm³/mol. The predicted octanol–water partition coefficient (Wildman–Crippen LogP) is 3.48. The van der Waals surface area contributed by atoms with Crippen LogP contribution in [0.5, 0.6) is 0 Å². The first-order chi connectivity index (χ1) is 13.6. The Kier molecular flexibility index (Phi) is 5.94. The summed E-state index contributed by atoms with van der Waals surface area (Å²) in [7, 11) is 0. The molecule has 150 valence electrons. The third kappa shape index (κ3) is 4.37. The molecule has 2 aliphatic rings. The number of nitrogens with one attached hydrogen (secondary N) is 1. The lowest BCUT2D eigenvalue weighted by atomic mass is 10.0. The lowest BCUT2D eigenvalue weighted by molar-refractivity contribution is -0.134. The van der Waals surface area contributed by atoms with Crippen LogP contribution in [0.2, 0.25) is 0 Å². The number of thiophene rings is 1. The van der Waals surface area contributed by atoms with Crippen LogP contribution in [-0.4, -0.2) is 53.2 Å². The number of rotatable bonds is 6. The SMILES string of the molecule is CC(C)NC1CCN(CC(=O)N2N=C(c3cccs3)CC2c2ccco2)CC1. The number of likely N-dealkylation sites (tertiary alicyclic amines) is 1. The Bertz CT molecular complexity index is 793. The molecule has 7 heteroatoms. The molecule has 0 aromatic carbocycles. The van der Waals surface area contributed by atoms with Crippen LogP contribution in [0.4, 0.5) is 0 Å². The average molecular weight is 401 g/mol. The highest BCUT2D eigenvalue weighted by Crippen LogP contribution is 2.34. The van der Waals surface area contributed by atoms with Gasteiger partial charge < -0.3 is 9.73 Å². The molecule has 0 saturated carbocycles. The van der Waals surface area contributed by atoms with E-state index in [0.717, 1.165) is 42.3 Å². The molecule has 1 unspecified atom stereocenters. The lowest BCUT2D eigenvalue weighted by Crippen LogP contribution is -2.47. The van der Waals surface area contributed by atoms with Crippen molar-refractivity contribution in [1.29, 1.82) is 0 Å². The molecule has 0 aliphatic carbocycles. The smallest absolute Gasteiger partial charge is 0.257 e. The first kappa shape index (κ1) is 19.4. The van der Waals surface area contributed by atoms with E-state index in [9.17, 15) is 4.79 Å². The van der Waals surface area contributed by atoms with Gasteiger partial charge in [-0.15, -0.1) is 11.3 Å². The highest BCUT2D eigenvalue weighted by atomic mass is 32.1. The minimum absolute atomic E-state index is 0.0447. The van der Waals surface area contributed by atoms with E-state index < -0.39 is 0 Å². The zero-order valence-electron chi connectivity index (χ0n) is 16.5. The van der Waals surface area contributed by atoms with Gasteiger partial charge in [0.25, 0.3) is 5.91 Å². The van der Waals surface area contributed by atoms with Crippen LogP contribution in [0.25, 0.3) is 0 Å². The topological polar surface area (TPSA) is 61.1 Å². The van der Waals surface area contributed by atoms with Crippen LogP contribution < -0.4 is 5.32 Å². The number of amides is 1. The summed E-state index contributed by atoms with van der Waals surface area (Å²) in [6.07, 6.45) is 4.52. The van der Waals surface area contributed by atoms with Crippen LogP contribution in [-0.2, 0) is 4.79 Å². The molecule has 6 nitrogen and oxygen atoms in total. The number of hydrazone groups is 1. The van der Waals surface area contributed by atoms with Crippen molar-refractivity contribution >= 4 is 23.0 Å². The second-order valence-corrected chi connectivity index (χ2v) is 8.82. The fraction of sp³-hybridized carbons (Fsp3) is 0.524. The van der Waals surface area contributed by atoms with Gasteiger partial charge in [0.2, 0.25) is 0 Å². The van der Waals surface area contributed by atoms with Gasteiger partial charge in [0.05, 0.1) is 23.4 Å². The molecule has 28 heavy (non-hydrogen) atoms. The molecule has 4 heterocycles. The van der Waals surface area contributed by atoms with Crippen LogP contribution in [0.15, 0.2) is 45.4 Å². The Hall–Kier alpha value is -1.96. The van der Waals surface area contributed by atoms with Crippen molar-refractivity contribution in [2.45, 2.75) is 51.2 Å². The number of carbonyl (C=O) groups excluding carboxylic acids is 1. The number of carbonyl (C=O) groups is 1. The molecule has 1 saturated heterocycles. The summed E-state index contributed by atoms with van der Waals surface area (Å²) in [4.78, 5) is 16.5. The monoisotopic (exact) mass is 400 g/mol. The largest absolute Gasteiger partial charge is 0.467 e. The zero-order valence-corrected chi connectivity index (χ0v) is 17.3. The summed E-state index contributed by atoms with van der Waals surface area (Å²) in [5.74, 6) is 0.840. The molecule has 4 rings (SSSR count). The molecule has 1 N–H and O–H groups in total. The van der Waals surface area contributed by atoms with E-state index in [2.05, 4.69) is 30.1 Å². The molecule has 1 fully saturated rings. The Labute approximate surface area is 170 Å². The third-order valence-corrected chi connectivity index (χ3v) is 6.28. The van der Waals surface area contributed by atoms with E-state index in [-0.39, 0.29) is 11.9 Å². The van der Waals surface area contributed by atoms with Gasteiger partial charge in [-0.1, -0.05) is 19.9 Å². The molecule has 1 amide bonds. The highest BCUT2D eigenvalue weighted by molar-refractivity contribution is 7.12. The van der Waals surface area contributed by atoms with Crippen molar-refractivity contribution in [1.82, 2.24) is 15.2 Å². The molecular formula is C21H28N4O2S. The van der Waals surface area contributed by atoms with Crippen LogP contribution in [0, 0.1) is 0 Å². The number of nitrogens with zero attached hydrogens (tertiary/aromatic N) is 3. The average Bonchev–Trinajstić information content (AvgIpc) is 3.42. The van der Waals surface area contributed by atoms with Crippen molar-refractivity contribution < 1.29 is 9.21 Å². The Morgan fingerprint density at radius 1 is 1.32 bits per heavy atom. The highest BCUT2D eigenvalue weighted by Gasteiger charge is 2.36. The van der Waals surface area contributed by atoms with E-state index in [1.54, 1.807) is 22.6 Å².